The number of rotatable bonds is 7. The number of amides is 1. The third-order valence-corrected chi connectivity index (χ3v) is 5.26. The molecule has 132 valence electrons. The van der Waals surface area contributed by atoms with Gasteiger partial charge in [0.2, 0.25) is 0 Å². The highest BCUT2D eigenvalue weighted by molar-refractivity contribution is 7.98. The Morgan fingerprint density at radius 1 is 1.12 bits per heavy atom. The van der Waals surface area contributed by atoms with E-state index < -0.39 is 10.8 Å². The van der Waals surface area contributed by atoms with Crippen LogP contribution >= 0.6 is 46.6 Å². The Bertz CT molecular complexity index is 782. The van der Waals surface area contributed by atoms with Gasteiger partial charge in [-0.05, 0) is 29.8 Å². The van der Waals surface area contributed by atoms with Crippen molar-refractivity contribution >= 4 is 58.2 Å². The lowest BCUT2D eigenvalue weighted by atomic mass is 10.2. The number of nitrogens with zero attached hydrogens (tertiary/aromatic N) is 1. The fraction of sp³-hybridized carbons (Fsp3) is 0.188. The molecule has 0 unspecified atom stereocenters. The fourth-order valence-corrected chi connectivity index (χ4v) is 3.76. The van der Waals surface area contributed by atoms with E-state index in [4.69, 9.17) is 34.8 Å². The van der Waals surface area contributed by atoms with Crippen LogP contribution in [0.25, 0.3) is 0 Å². The van der Waals surface area contributed by atoms with Crippen LogP contribution in [-0.2, 0) is 5.75 Å². The van der Waals surface area contributed by atoms with Crippen molar-refractivity contribution in [2.24, 2.45) is 0 Å². The number of carbonyl (C=O) groups is 1. The average Bonchev–Trinajstić information content (AvgIpc) is 2.56. The van der Waals surface area contributed by atoms with Crippen LogP contribution in [0.3, 0.4) is 0 Å². The van der Waals surface area contributed by atoms with Gasteiger partial charge in [0.25, 0.3) is 11.6 Å². The molecule has 0 fully saturated rings. The lowest BCUT2D eigenvalue weighted by Crippen LogP contribution is -2.25. The molecule has 2 aromatic carbocycles. The molecule has 2 rings (SSSR count). The highest BCUT2D eigenvalue weighted by Gasteiger charge is 2.16. The zero-order valence-corrected chi connectivity index (χ0v) is 15.9. The van der Waals surface area contributed by atoms with Crippen LogP contribution in [0.4, 0.5) is 5.69 Å². The molecule has 0 spiro atoms. The number of halogens is 3. The molecule has 2 aromatic rings. The lowest BCUT2D eigenvalue weighted by molar-refractivity contribution is -0.384. The van der Waals surface area contributed by atoms with Crippen molar-refractivity contribution in [2.45, 2.75) is 5.75 Å². The van der Waals surface area contributed by atoms with Crippen molar-refractivity contribution in [3.8, 4) is 0 Å². The summed E-state index contributed by atoms with van der Waals surface area (Å²) in [5.41, 5.74) is 0.753. The van der Waals surface area contributed by atoms with Crippen LogP contribution < -0.4 is 5.32 Å². The third kappa shape index (κ3) is 5.51. The molecular formula is C16H13Cl3N2O3S. The second-order valence-corrected chi connectivity index (χ2v) is 7.26. The Labute approximate surface area is 163 Å². The molecule has 0 saturated heterocycles. The Hall–Kier alpha value is -1.47. The fourth-order valence-electron chi connectivity index (χ4n) is 1.98. The Kier molecular flexibility index (Phi) is 7.38. The van der Waals surface area contributed by atoms with E-state index in [0.29, 0.717) is 28.1 Å². The summed E-state index contributed by atoms with van der Waals surface area (Å²) < 4.78 is 0. The summed E-state index contributed by atoms with van der Waals surface area (Å²) in [6, 6.07) is 9.28. The second kappa shape index (κ2) is 9.29. The normalized spacial score (nSPS) is 10.5. The zero-order valence-electron chi connectivity index (χ0n) is 12.8. The summed E-state index contributed by atoms with van der Waals surface area (Å²) >= 11 is 19.5. The lowest BCUT2D eigenvalue weighted by Gasteiger charge is -2.08. The minimum absolute atomic E-state index is 0.00581. The first kappa shape index (κ1) is 19.8. The van der Waals surface area contributed by atoms with Crippen LogP contribution in [0.5, 0.6) is 0 Å². The van der Waals surface area contributed by atoms with Crippen molar-refractivity contribution in [3.05, 3.63) is 72.7 Å². The largest absolute Gasteiger partial charge is 0.351 e. The van der Waals surface area contributed by atoms with Gasteiger partial charge in [0.05, 0.1) is 4.92 Å². The summed E-state index contributed by atoms with van der Waals surface area (Å²) in [6.45, 7) is 0.405. The van der Waals surface area contributed by atoms with Gasteiger partial charge in [-0.2, -0.15) is 11.8 Å². The molecule has 0 aromatic heterocycles. The van der Waals surface area contributed by atoms with Crippen molar-refractivity contribution in [2.75, 3.05) is 12.3 Å². The van der Waals surface area contributed by atoms with Crippen molar-refractivity contribution in [1.29, 1.82) is 0 Å². The van der Waals surface area contributed by atoms with Gasteiger partial charge in [0, 0.05) is 39.7 Å². The van der Waals surface area contributed by atoms with E-state index in [9.17, 15) is 14.9 Å². The topological polar surface area (TPSA) is 72.2 Å². The van der Waals surface area contributed by atoms with E-state index in [1.807, 2.05) is 0 Å². The van der Waals surface area contributed by atoms with Crippen LogP contribution in [-0.4, -0.2) is 23.1 Å². The molecular weight excluding hydrogens is 407 g/mol. The SMILES string of the molecule is O=C(NCCSCc1c(Cl)cccc1Cl)c1ccc(Cl)c([N+](=O)[O-])c1. The Balaban J connectivity index is 1.83. The molecule has 0 aliphatic heterocycles. The molecule has 0 bridgehead atoms. The minimum Gasteiger partial charge on any atom is -0.351 e. The molecule has 5 nitrogen and oxygen atoms in total. The minimum atomic E-state index is -0.623. The van der Waals surface area contributed by atoms with Gasteiger partial charge in [0.1, 0.15) is 5.02 Å². The molecule has 1 N–H and O–H groups in total. The van der Waals surface area contributed by atoms with Gasteiger partial charge < -0.3 is 5.32 Å². The maximum atomic E-state index is 12.0. The number of hydrogen-bond donors (Lipinski definition) is 1. The third-order valence-electron chi connectivity index (χ3n) is 3.25. The van der Waals surface area contributed by atoms with Crippen molar-refractivity contribution < 1.29 is 9.72 Å². The second-order valence-electron chi connectivity index (χ2n) is 4.93. The molecule has 0 heterocycles. The first-order valence-electron chi connectivity index (χ1n) is 7.13. The van der Waals surface area contributed by atoms with E-state index in [1.54, 1.807) is 30.0 Å². The predicted octanol–water partition coefficient (Wildman–Crippen LogP) is 5.22. The number of thioether (sulfide) groups is 1. The Morgan fingerprint density at radius 3 is 2.44 bits per heavy atom. The number of nitro benzene ring substituents is 1. The molecule has 0 saturated carbocycles. The number of carbonyl (C=O) groups excluding carboxylic acids is 1. The highest BCUT2D eigenvalue weighted by Crippen LogP contribution is 2.28. The smallest absolute Gasteiger partial charge is 0.288 e. The van der Waals surface area contributed by atoms with E-state index in [-0.39, 0.29) is 16.3 Å². The predicted molar refractivity (Wildman–Crippen MR) is 103 cm³/mol. The van der Waals surface area contributed by atoms with E-state index in [1.165, 1.54) is 12.1 Å². The molecule has 0 atom stereocenters. The maximum absolute atomic E-state index is 12.0. The molecule has 0 aliphatic carbocycles. The maximum Gasteiger partial charge on any atom is 0.288 e. The van der Waals surface area contributed by atoms with Crippen LogP contribution in [0.15, 0.2) is 36.4 Å². The first-order chi connectivity index (χ1) is 11.9. The van der Waals surface area contributed by atoms with E-state index in [0.717, 1.165) is 11.6 Å². The summed E-state index contributed by atoms with van der Waals surface area (Å²) in [7, 11) is 0. The number of nitro groups is 1. The van der Waals surface area contributed by atoms with E-state index >= 15 is 0 Å². The highest BCUT2D eigenvalue weighted by atomic mass is 35.5. The summed E-state index contributed by atoms with van der Waals surface area (Å²) in [5, 5.41) is 14.8. The van der Waals surface area contributed by atoms with Gasteiger partial charge in [-0.3, -0.25) is 14.9 Å². The number of hydrogen-bond acceptors (Lipinski definition) is 4. The van der Waals surface area contributed by atoms with Gasteiger partial charge >= 0.3 is 0 Å². The quantitative estimate of drug-likeness (QED) is 0.379. The Morgan fingerprint density at radius 2 is 1.80 bits per heavy atom. The van der Waals surface area contributed by atoms with E-state index in [2.05, 4.69) is 5.32 Å². The van der Waals surface area contributed by atoms with Gasteiger partial charge in [-0.25, -0.2) is 0 Å². The van der Waals surface area contributed by atoms with Gasteiger partial charge in [-0.1, -0.05) is 40.9 Å². The summed E-state index contributed by atoms with van der Waals surface area (Å²) in [5.74, 6) is 0.875. The number of nitrogens with one attached hydrogen (secondary N) is 1. The summed E-state index contributed by atoms with van der Waals surface area (Å²) in [4.78, 5) is 22.3. The average molecular weight is 420 g/mol. The first-order valence-corrected chi connectivity index (χ1v) is 9.41. The van der Waals surface area contributed by atoms with Crippen LogP contribution in [0.2, 0.25) is 15.1 Å². The molecule has 25 heavy (non-hydrogen) atoms. The molecule has 1 amide bonds. The monoisotopic (exact) mass is 418 g/mol. The summed E-state index contributed by atoms with van der Waals surface area (Å²) in [6.07, 6.45) is 0. The molecule has 9 heteroatoms. The van der Waals surface area contributed by atoms with Crippen molar-refractivity contribution in [3.63, 3.8) is 0 Å². The van der Waals surface area contributed by atoms with Gasteiger partial charge in [0.15, 0.2) is 0 Å². The number of benzene rings is 2. The molecule has 0 aliphatic rings. The molecule has 0 radical (unpaired) electrons. The van der Waals surface area contributed by atoms with Crippen LogP contribution in [0, 0.1) is 10.1 Å². The standard InChI is InChI=1S/C16H13Cl3N2O3S/c17-12-2-1-3-13(18)11(12)9-25-7-6-20-16(22)10-4-5-14(19)15(8-10)21(23)24/h1-5,8H,6-7,9H2,(H,20,22). The van der Waals surface area contributed by atoms with Crippen molar-refractivity contribution in [1.82, 2.24) is 5.32 Å². The van der Waals surface area contributed by atoms with Gasteiger partial charge in [-0.15, -0.1) is 0 Å². The zero-order chi connectivity index (χ0) is 18.4. The van der Waals surface area contributed by atoms with Crippen LogP contribution in [0.1, 0.15) is 15.9 Å².